The molecule has 0 aromatic heterocycles. The summed E-state index contributed by atoms with van der Waals surface area (Å²) in [6.45, 7) is 0. The normalized spacial score (nSPS) is 12.1. The van der Waals surface area contributed by atoms with Gasteiger partial charge in [-0.1, -0.05) is 133 Å². The highest BCUT2D eigenvalue weighted by molar-refractivity contribution is 5.80. The van der Waals surface area contributed by atoms with E-state index in [0.717, 1.165) is 59.8 Å². The number of aryl methyl sites for hydroxylation is 4. The van der Waals surface area contributed by atoms with E-state index in [1.54, 1.807) is 0 Å². The van der Waals surface area contributed by atoms with Crippen molar-refractivity contribution in [1.29, 1.82) is 0 Å². The highest BCUT2D eigenvalue weighted by Gasteiger charge is 2.17. The van der Waals surface area contributed by atoms with E-state index < -0.39 is 0 Å². The molecule has 0 radical (unpaired) electrons. The van der Waals surface area contributed by atoms with Gasteiger partial charge in [0.2, 0.25) is 0 Å². The van der Waals surface area contributed by atoms with Crippen molar-refractivity contribution in [2.24, 2.45) is 0 Å². The highest BCUT2D eigenvalue weighted by Crippen LogP contribution is 2.38. The van der Waals surface area contributed by atoms with E-state index in [1.165, 1.54) is 44.5 Å². The predicted molar refractivity (Wildman–Crippen MR) is 228 cm³/mol. The molecule has 2 heteroatoms. The van der Waals surface area contributed by atoms with Gasteiger partial charge in [-0.15, -0.1) is 0 Å². The van der Waals surface area contributed by atoms with Crippen molar-refractivity contribution in [3.8, 4) is 22.3 Å². The third kappa shape index (κ3) is 6.95. The van der Waals surface area contributed by atoms with Crippen LogP contribution in [0.1, 0.15) is 22.3 Å². The van der Waals surface area contributed by atoms with E-state index in [2.05, 4.69) is 216 Å². The van der Waals surface area contributed by atoms with Crippen LogP contribution in [0.15, 0.2) is 206 Å². The molecule has 4 bridgehead atoms. The summed E-state index contributed by atoms with van der Waals surface area (Å²) in [5.74, 6) is 0. The minimum absolute atomic E-state index is 0.984. The van der Waals surface area contributed by atoms with E-state index in [-0.39, 0.29) is 0 Å². The van der Waals surface area contributed by atoms with Crippen molar-refractivity contribution >= 4 is 34.1 Å². The lowest BCUT2D eigenvalue weighted by atomic mass is 9.87. The van der Waals surface area contributed by atoms with Crippen molar-refractivity contribution in [2.75, 3.05) is 9.80 Å². The van der Waals surface area contributed by atoms with Gasteiger partial charge in [0.15, 0.2) is 0 Å². The summed E-state index contributed by atoms with van der Waals surface area (Å²) in [5.41, 5.74) is 17.7. The Bertz CT molecular complexity index is 2200. The maximum absolute atomic E-state index is 2.45. The molecule has 4 aliphatic rings. The van der Waals surface area contributed by atoms with Gasteiger partial charge in [0.1, 0.15) is 0 Å². The lowest BCUT2D eigenvalue weighted by molar-refractivity contribution is 0.925. The lowest BCUT2D eigenvalue weighted by Crippen LogP contribution is -2.09. The van der Waals surface area contributed by atoms with Crippen LogP contribution in [0.3, 0.4) is 0 Å². The Morgan fingerprint density at radius 2 is 0.556 bits per heavy atom. The maximum atomic E-state index is 2.45. The fourth-order valence-electron chi connectivity index (χ4n) is 7.87. The molecule has 0 N–H and O–H groups in total. The molecule has 0 fully saturated rings. The second-order valence-corrected chi connectivity index (χ2v) is 14.1. The number of benzene rings is 8. The largest absolute Gasteiger partial charge is 0.311 e. The monoisotopic (exact) mass is 694 g/mol. The summed E-state index contributed by atoms with van der Waals surface area (Å²) < 4.78 is 0. The third-order valence-corrected chi connectivity index (χ3v) is 10.6. The molecule has 0 heterocycles. The number of para-hydroxylation sites is 4. The van der Waals surface area contributed by atoms with Crippen LogP contribution in [0.25, 0.3) is 22.3 Å². The van der Waals surface area contributed by atoms with E-state index >= 15 is 0 Å². The Morgan fingerprint density at radius 1 is 0.259 bits per heavy atom. The number of hydrogen-bond acceptors (Lipinski definition) is 2. The first-order valence-corrected chi connectivity index (χ1v) is 19.0. The number of hydrogen-bond donors (Lipinski definition) is 0. The molecule has 8 aromatic rings. The maximum Gasteiger partial charge on any atom is 0.0462 e. The van der Waals surface area contributed by atoms with Gasteiger partial charge in [0.05, 0.1) is 0 Å². The lowest BCUT2D eigenvalue weighted by Gasteiger charge is -2.26. The first kappa shape index (κ1) is 33.2. The fourth-order valence-corrected chi connectivity index (χ4v) is 7.87. The molecule has 2 nitrogen and oxygen atoms in total. The second kappa shape index (κ2) is 15.1. The van der Waals surface area contributed by atoms with Crippen LogP contribution in [-0.2, 0) is 25.7 Å². The molecule has 12 rings (SSSR count). The number of rotatable bonds is 8. The average Bonchev–Trinajstić information content (AvgIpc) is 3.24. The van der Waals surface area contributed by atoms with Gasteiger partial charge < -0.3 is 9.80 Å². The van der Waals surface area contributed by atoms with E-state index in [4.69, 9.17) is 0 Å². The Balaban J connectivity index is 0.996. The topological polar surface area (TPSA) is 6.48 Å². The average molecular weight is 695 g/mol. The molecular weight excluding hydrogens is 653 g/mol. The van der Waals surface area contributed by atoms with E-state index in [0.29, 0.717) is 0 Å². The number of anilines is 6. The summed E-state index contributed by atoms with van der Waals surface area (Å²) in [6, 6.07) is 75.1. The first-order valence-electron chi connectivity index (χ1n) is 19.0. The van der Waals surface area contributed by atoms with Crippen LogP contribution in [0.4, 0.5) is 34.1 Å². The highest BCUT2D eigenvalue weighted by atomic mass is 15.1. The molecule has 0 saturated heterocycles. The molecule has 4 aliphatic carbocycles. The smallest absolute Gasteiger partial charge is 0.0462 e. The molecule has 0 spiro atoms. The van der Waals surface area contributed by atoms with E-state index in [9.17, 15) is 0 Å². The van der Waals surface area contributed by atoms with Crippen LogP contribution in [0, 0.1) is 0 Å². The van der Waals surface area contributed by atoms with Crippen molar-refractivity contribution in [1.82, 2.24) is 0 Å². The summed E-state index contributed by atoms with van der Waals surface area (Å²) in [5, 5.41) is 0. The van der Waals surface area contributed by atoms with Crippen molar-refractivity contribution < 1.29 is 0 Å². The Kier molecular flexibility index (Phi) is 9.32. The molecular formula is C52H42N2. The first-order chi connectivity index (χ1) is 26.8. The van der Waals surface area contributed by atoms with Gasteiger partial charge in [-0.2, -0.15) is 0 Å². The summed E-state index contributed by atoms with van der Waals surface area (Å²) in [4.78, 5) is 4.65. The Labute approximate surface area is 319 Å². The van der Waals surface area contributed by atoms with Crippen LogP contribution in [0.5, 0.6) is 0 Å². The molecule has 0 unspecified atom stereocenters. The van der Waals surface area contributed by atoms with Gasteiger partial charge in [0.25, 0.3) is 0 Å². The third-order valence-electron chi connectivity index (χ3n) is 10.6. The van der Waals surface area contributed by atoms with Gasteiger partial charge in [-0.3, -0.25) is 0 Å². The minimum Gasteiger partial charge on any atom is -0.311 e. The van der Waals surface area contributed by atoms with Gasteiger partial charge in [-0.05, 0) is 143 Å². The fraction of sp³-hybridized carbons (Fsp3) is 0.0769. The van der Waals surface area contributed by atoms with Crippen molar-refractivity contribution in [3.63, 3.8) is 0 Å². The summed E-state index contributed by atoms with van der Waals surface area (Å²) in [6.07, 6.45) is 3.94. The molecule has 0 atom stereocenters. The van der Waals surface area contributed by atoms with Gasteiger partial charge >= 0.3 is 0 Å². The molecule has 54 heavy (non-hydrogen) atoms. The zero-order valence-corrected chi connectivity index (χ0v) is 30.4. The van der Waals surface area contributed by atoms with Gasteiger partial charge in [0, 0.05) is 34.1 Å². The van der Waals surface area contributed by atoms with Gasteiger partial charge in [-0.25, -0.2) is 0 Å². The second-order valence-electron chi connectivity index (χ2n) is 14.1. The zero-order valence-electron chi connectivity index (χ0n) is 30.4. The summed E-state index contributed by atoms with van der Waals surface area (Å²) in [7, 11) is 0. The Morgan fingerprint density at radius 3 is 0.870 bits per heavy atom. The quantitative estimate of drug-likeness (QED) is 0.156. The van der Waals surface area contributed by atoms with Crippen molar-refractivity contribution in [3.05, 3.63) is 229 Å². The van der Waals surface area contributed by atoms with Crippen LogP contribution in [0.2, 0.25) is 0 Å². The summed E-state index contributed by atoms with van der Waals surface area (Å²) >= 11 is 0. The zero-order chi connectivity index (χ0) is 36.1. The molecule has 260 valence electrons. The minimum atomic E-state index is 0.984. The van der Waals surface area contributed by atoms with Crippen LogP contribution < -0.4 is 9.80 Å². The molecule has 0 saturated carbocycles. The Hall–Kier alpha value is -6.64. The molecule has 0 amide bonds. The SMILES string of the molecule is c1ccc(N(c2ccccc2)c2ccc(-c3cc4ccc3CCc3ccc(c(-c5ccc(N(c6ccccc6)c6ccccc6)cc5)c3)CC4)cc2)cc1. The van der Waals surface area contributed by atoms with Crippen LogP contribution in [-0.4, -0.2) is 0 Å². The van der Waals surface area contributed by atoms with Crippen molar-refractivity contribution in [2.45, 2.75) is 25.7 Å². The number of nitrogens with zero attached hydrogens (tertiary/aromatic N) is 2. The predicted octanol–water partition coefficient (Wildman–Crippen LogP) is 13.8. The molecule has 8 aromatic carbocycles. The standard InChI is InChI=1S/C52H42N2/c1-5-13-45(14-6-1)53(46-15-7-2-8-16-46)49-33-29-43(30-34-49)51-37-39-21-25-41(51)27-23-40-22-26-42(28-24-39)52(38-40)44-31-35-50(36-32-44)54(47-17-9-3-10-18-47)48-19-11-4-12-20-48/h1-22,25-26,29-38H,23-24,27-28H2. The van der Waals surface area contributed by atoms with Crippen LogP contribution >= 0.6 is 0 Å². The van der Waals surface area contributed by atoms with E-state index in [1.807, 2.05) is 0 Å². The molecule has 0 aliphatic heterocycles.